The summed E-state index contributed by atoms with van der Waals surface area (Å²) in [6, 6.07) is 1.55. The first-order valence-corrected chi connectivity index (χ1v) is 8.17. The van der Waals surface area contributed by atoms with Crippen LogP contribution in [0.3, 0.4) is 0 Å². The van der Waals surface area contributed by atoms with Gasteiger partial charge in [-0.3, -0.25) is 0 Å². The van der Waals surface area contributed by atoms with Crippen molar-refractivity contribution in [2.24, 2.45) is 0 Å². The van der Waals surface area contributed by atoms with Crippen molar-refractivity contribution in [1.82, 2.24) is 0 Å². The van der Waals surface area contributed by atoms with Crippen LogP contribution in [-0.4, -0.2) is 15.0 Å². The van der Waals surface area contributed by atoms with E-state index < -0.39 is 9.05 Å². The number of hydrogen-bond donors (Lipinski definition) is 0. The molecule has 104 valence electrons. The average Bonchev–Trinajstić information content (AvgIpc) is 2.31. The molecule has 1 rings (SSSR count). The van der Waals surface area contributed by atoms with Gasteiger partial charge in [0.25, 0.3) is 9.05 Å². The van der Waals surface area contributed by atoms with Gasteiger partial charge in [0.2, 0.25) is 0 Å². The lowest BCUT2D eigenvalue weighted by Crippen LogP contribution is -2.04. The van der Waals surface area contributed by atoms with Gasteiger partial charge in [-0.05, 0) is 50.5 Å². The molecule has 19 heavy (non-hydrogen) atoms. The Hall–Kier alpha value is -1.18. The van der Waals surface area contributed by atoms with Crippen molar-refractivity contribution in [3.63, 3.8) is 0 Å². The van der Waals surface area contributed by atoms with Crippen LogP contribution >= 0.6 is 10.7 Å². The molecular formula is C14H17ClO3S. The summed E-state index contributed by atoms with van der Waals surface area (Å²) in [4.78, 5) is 0.143. The highest BCUT2D eigenvalue weighted by atomic mass is 35.7. The molecule has 0 aliphatic heterocycles. The van der Waals surface area contributed by atoms with E-state index in [2.05, 4.69) is 11.8 Å². The van der Waals surface area contributed by atoms with Gasteiger partial charge in [0, 0.05) is 17.1 Å². The predicted molar refractivity (Wildman–Crippen MR) is 77.3 cm³/mol. The number of halogens is 1. The van der Waals surface area contributed by atoms with Crippen LogP contribution in [0.15, 0.2) is 11.0 Å². The van der Waals surface area contributed by atoms with Crippen molar-refractivity contribution in [3.05, 3.63) is 22.8 Å². The van der Waals surface area contributed by atoms with E-state index in [4.69, 9.17) is 15.4 Å². The summed E-state index contributed by atoms with van der Waals surface area (Å²) < 4.78 is 28.6. The second-order valence-corrected chi connectivity index (χ2v) is 6.77. The first kappa shape index (κ1) is 15.9. The van der Waals surface area contributed by atoms with Gasteiger partial charge in [-0.2, -0.15) is 0 Å². The van der Waals surface area contributed by atoms with E-state index >= 15 is 0 Å². The van der Waals surface area contributed by atoms with Gasteiger partial charge < -0.3 is 4.74 Å². The summed E-state index contributed by atoms with van der Waals surface area (Å²) in [6.45, 7) is 7.62. The van der Waals surface area contributed by atoms with E-state index in [-0.39, 0.29) is 4.90 Å². The summed E-state index contributed by atoms with van der Waals surface area (Å²) in [5.41, 5.74) is 2.17. The highest BCUT2D eigenvalue weighted by Gasteiger charge is 2.19. The standard InChI is InChI=1S/C14H17ClO3S/c1-5-6-7-8-18-14-10(2)9-13(19(15,16)17)11(3)12(14)4/h9H,7-8H2,1-4H3. The van der Waals surface area contributed by atoms with Gasteiger partial charge in [-0.15, -0.1) is 11.8 Å². The fourth-order valence-corrected chi connectivity index (χ4v) is 3.14. The van der Waals surface area contributed by atoms with E-state index in [0.717, 1.165) is 11.1 Å². The quantitative estimate of drug-likeness (QED) is 0.487. The van der Waals surface area contributed by atoms with Crippen LogP contribution in [0.25, 0.3) is 0 Å². The van der Waals surface area contributed by atoms with Crippen LogP contribution in [0.5, 0.6) is 5.75 Å². The lowest BCUT2D eigenvalue weighted by atomic mass is 10.1. The minimum absolute atomic E-state index is 0.143. The lowest BCUT2D eigenvalue weighted by Gasteiger charge is -2.15. The molecule has 0 saturated carbocycles. The third-order valence-corrected chi connectivity index (χ3v) is 4.34. The minimum Gasteiger partial charge on any atom is -0.492 e. The van der Waals surface area contributed by atoms with Crippen molar-refractivity contribution in [2.75, 3.05) is 6.61 Å². The van der Waals surface area contributed by atoms with Crippen molar-refractivity contribution in [2.45, 2.75) is 39.0 Å². The molecule has 0 aliphatic carbocycles. The Bertz CT molecular complexity index is 637. The molecule has 0 radical (unpaired) electrons. The zero-order chi connectivity index (χ0) is 14.6. The third kappa shape index (κ3) is 3.89. The Kier molecular flexibility index (Phi) is 5.28. The fraction of sp³-hybridized carbons (Fsp3) is 0.429. The molecule has 5 heteroatoms. The molecule has 0 saturated heterocycles. The highest BCUT2D eigenvalue weighted by Crippen LogP contribution is 2.32. The van der Waals surface area contributed by atoms with E-state index in [1.54, 1.807) is 26.8 Å². The van der Waals surface area contributed by atoms with Gasteiger partial charge in [-0.25, -0.2) is 8.42 Å². The fourth-order valence-electron chi connectivity index (χ4n) is 1.83. The Morgan fingerprint density at radius 1 is 1.26 bits per heavy atom. The zero-order valence-electron chi connectivity index (χ0n) is 11.5. The molecule has 0 spiro atoms. The monoisotopic (exact) mass is 300 g/mol. The molecular weight excluding hydrogens is 284 g/mol. The molecule has 1 aromatic carbocycles. The van der Waals surface area contributed by atoms with Crippen LogP contribution in [0.2, 0.25) is 0 Å². The van der Waals surface area contributed by atoms with Crippen LogP contribution in [-0.2, 0) is 9.05 Å². The smallest absolute Gasteiger partial charge is 0.261 e. The van der Waals surface area contributed by atoms with Gasteiger partial charge in [0.1, 0.15) is 5.75 Å². The Morgan fingerprint density at radius 2 is 1.89 bits per heavy atom. The molecule has 0 fully saturated rings. The van der Waals surface area contributed by atoms with Crippen LogP contribution in [0.4, 0.5) is 0 Å². The van der Waals surface area contributed by atoms with Gasteiger partial charge in [-0.1, -0.05) is 0 Å². The van der Waals surface area contributed by atoms with E-state index in [1.807, 2.05) is 6.92 Å². The number of hydrogen-bond acceptors (Lipinski definition) is 3. The molecule has 1 aromatic rings. The largest absolute Gasteiger partial charge is 0.492 e. The van der Waals surface area contributed by atoms with Crippen molar-refractivity contribution >= 4 is 19.7 Å². The van der Waals surface area contributed by atoms with Gasteiger partial charge >= 0.3 is 0 Å². The molecule has 0 heterocycles. The zero-order valence-corrected chi connectivity index (χ0v) is 13.1. The summed E-state index contributed by atoms with van der Waals surface area (Å²) in [5, 5.41) is 0. The topological polar surface area (TPSA) is 43.4 Å². The summed E-state index contributed by atoms with van der Waals surface area (Å²) in [7, 11) is 1.69. The third-order valence-electron chi connectivity index (χ3n) is 2.89. The number of ether oxygens (including phenoxy) is 1. The first-order valence-electron chi connectivity index (χ1n) is 5.87. The summed E-state index contributed by atoms with van der Waals surface area (Å²) >= 11 is 0. The van der Waals surface area contributed by atoms with E-state index in [0.29, 0.717) is 24.3 Å². The summed E-state index contributed by atoms with van der Waals surface area (Å²) in [6.07, 6.45) is 0.643. The minimum atomic E-state index is -3.73. The molecule has 0 aromatic heterocycles. The maximum atomic E-state index is 11.5. The molecule has 0 N–H and O–H groups in total. The van der Waals surface area contributed by atoms with Crippen LogP contribution in [0.1, 0.15) is 30.0 Å². The number of benzene rings is 1. The Labute approximate surface area is 119 Å². The second kappa shape index (κ2) is 6.31. The van der Waals surface area contributed by atoms with Crippen LogP contribution < -0.4 is 4.74 Å². The maximum Gasteiger partial charge on any atom is 0.261 e. The SMILES string of the molecule is CC#CCCOc1c(C)cc(S(=O)(=O)Cl)c(C)c1C. The molecule has 3 nitrogen and oxygen atoms in total. The summed E-state index contributed by atoms with van der Waals surface area (Å²) in [5.74, 6) is 6.42. The van der Waals surface area contributed by atoms with Crippen molar-refractivity contribution in [1.29, 1.82) is 0 Å². The van der Waals surface area contributed by atoms with Gasteiger partial charge in [0.15, 0.2) is 0 Å². The van der Waals surface area contributed by atoms with Crippen molar-refractivity contribution in [3.8, 4) is 17.6 Å². The van der Waals surface area contributed by atoms with E-state index in [9.17, 15) is 8.42 Å². The first-order chi connectivity index (χ1) is 8.79. The highest BCUT2D eigenvalue weighted by molar-refractivity contribution is 8.13. The molecule has 0 aliphatic rings. The molecule has 0 bridgehead atoms. The molecule has 0 unspecified atom stereocenters. The Balaban J connectivity index is 3.15. The van der Waals surface area contributed by atoms with Crippen LogP contribution in [0, 0.1) is 32.6 Å². The molecule has 0 atom stereocenters. The normalized spacial score (nSPS) is 10.8. The van der Waals surface area contributed by atoms with Gasteiger partial charge in [0.05, 0.1) is 11.5 Å². The maximum absolute atomic E-state index is 11.5. The second-order valence-electron chi connectivity index (χ2n) is 4.23. The molecule has 0 amide bonds. The number of rotatable bonds is 4. The lowest BCUT2D eigenvalue weighted by molar-refractivity contribution is 0.322. The Morgan fingerprint density at radius 3 is 2.42 bits per heavy atom. The van der Waals surface area contributed by atoms with Crippen molar-refractivity contribution < 1.29 is 13.2 Å². The van der Waals surface area contributed by atoms with E-state index in [1.165, 1.54) is 0 Å². The average molecular weight is 301 g/mol. The number of aryl methyl sites for hydroxylation is 1. The predicted octanol–water partition coefficient (Wildman–Crippen LogP) is 3.33.